The number of hydrogen-bond donors (Lipinski definition) is 4. The number of carbonyl (C=O) groups excluding carboxylic acids is 1. The Morgan fingerprint density at radius 2 is 1.09 bits per heavy atom. The van der Waals surface area contributed by atoms with E-state index in [-0.39, 0.29) is 19.2 Å². The van der Waals surface area contributed by atoms with Gasteiger partial charge in [-0.05, 0) is 77.0 Å². The van der Waals surface area contributed by atoms with E-state index in [4.69, 9.17) is 18.9 Å². The molecular formula is C47H82O9. The number of ether oxygens (including phenoxy) is 4. The van der Waals surface area contributed by atoms with Crippen molar-refractivity contribution in [3.8, 4) is 0 Å². The highest BCUT2D eigenvalue weighted by molar-refractivity contribution is 5.69. The second-order valence-electron chi connectivity index (χ2n) is 15.1. The molecule has 1 heterocycles. The molecule has 1 fully saturated rings. The molecule has 0 aromatic carbocycles. The first kappa shape index (κ1) is 51.9. The number of carbonyl (C=O) groups is 1. The van der Waals surface area contributed by atoms with Crippen LogP contribution < -0.4 is 0 Å². The normalized spacial score (nSPS) is 21.1. The Labute approximate surface area is 341 Å². The molecule has 6 atom stereocenters. The van der Waals surface area contributed by atoms with Crippen molar-refractivity contribution in [3.63, 3.8) is 0 Å². The average Bonchev–Trinajstić information content (AvgIpc) is 3.20. The third-order valence-corrected chi connectivity index (χ3v) is 9.92. The molecule has 0 aliphatic carbocycles. The van der Waals surface area contributed by atoms with Crippen LogP contribution in [0.1, 0.15) is 168 Å². The van der Waals surface area contributed by atoms with Gasteiger partial charge in [-0.1, -0.05) is 145 Å². The molecule has 56 heavy (non-hydrogen) atoms. The fourth-order valence-corrected chi connectivity index (χ4v) is 6.42. The molecule has 0 radical (unpaired) electrons. The summed E-state index contributed by atoms with van der Waals surface area (Å²) in [4.78, 5) is 12.8. The summed E-state index contributed by atoms with van der Waals surface area (Å²) in [5, 5.41) is 40.1. The summed E-state index contributed by atoms with van der Waals surface area (Å²) in [6.07, 6.45) is 41.0. The highest BCUT2D eigenvalue weighted by Crippen LogP contribution is 2.22. The minimum absolute atomic E-state index is 0.125. The Hall–Kier alpha value is -2.11. The minimum Gasteiger partial charge on any atom is -0.457 e. The number of hydrogen-bond acceptors (Lipinski definition) is 9. The Balaban J connectivity index is 2.28. The van der Waals surface area contributed by atoms with Gasteiger partial charge in [-0.2, -0.15) is 0 Å². The van der Waals surface area contributed by atoms with Crippen molar-refractivity contribution in [1.82, 2.24) is 0 Å². The van der Waals surface area contributed by atoms with Crippen molar-refractivity contribution in [2.45, 2.75) is 205 Å². The van der Waals surface area contributed by atoms with Gasteiger partial charge in [0.05, 0.1) is 19.8 Å². The predicted octanol–water partition coefficient (Wildman–Crippen LogP) is 9.91. The van der Waals surface area contributed by atoms with E-state index in [9.17, 15) is 25.2 Å². The zero-order valence-corrected chi connectivity index (χ0v) is 35.4. The fraction of sp³-hybridized carbons (Fsp3) is 0.766. The van der Waals surface area contributed by atoms with Crippen LogP contribution in [-0.2, 0) is 23.7 Å². The maximum absolute atomic E-state index is 12.8. The molecule has 0 aromatic heterocycles. The summed E-state index contributed by atoms with van der Waals surface area (Å²) in [5.41, 5.74) is 0. The van der Waals surface area contributed by atoms with Gasteiger partial charge >= 0.3 is 5.97 Å². The van der Waals surface area contributed by atoms with Crippen LogP contribution in [0.2, 0.25) is 0 Å². The minimum atomic E-state index is -1.54. The maximum atomic E-state index is 12.8. The molecule has 0 spiro atoms. The van der Waals surface area contributed by atoms with Gasteiger partial charge in [-0.25, -0.2) is 0 Å². The number of allylic oxidation sites excluding steroid dienone is 10. The quantitative estimate of drug-likeness (QED) is 0.0276. The van der Waals surface area contributed by atoms with Crippen LogP contribution in [0.25, 0.3) is 0 Å². The SMILES string of the molecule is CC/C=C\C/C=C\C/C=C\CCCCCCOCC(COC1OC(CO)C(O)C(O)C1O)OC(=O)CCCCCCCCCCC/C=C\C/C=C\CCCCC. The lowest BCUT2D eigenvalue weighted by Crippen LogP contribution is -2.59. The largest absolute Gasteiger partial charge is 0.457 e. The lowest BCUT2D eigenvalue weighted by atomic mass is 9.99. The van der Waals surface area contributed by atoms with E-state index < -0.39 is 43.4 Å². The molecule has 1 rings (SSSR count). The molecule has 0 saturated carbocycles. The molecule has 0 bridgehead atoms. The number of aliphatic hydroxyl groups excluding tert-OH is 4. The van der Waals surface area contributed by atoms with E-state index in [1.54, 1.807) is 0 Å². The summed E-state index contributed by atoms with van der Waals surface area (Å²) in [5.74, 6) is -0.329. The summed E-state index contributed by atoms with van der Waals surface area (Å²) < 4.78 is 22.8. The zero-order chi connectivity index (χ0) is 40.7. The summed E-state index contributed by atoms with van der Waals surface area (Å²) in [6, 6.07) is 0. The smallest absolute Gasteiger partial charge is 0.306 e. The molecule has 324 valence electrons. The Kier molecular flexibility index (Phi) is 35.6. The van der Waals surface area contributed by atoms with Crippen LogP contribution in [0.5, 0.6) is 0 Å². The molecule has 1 saturated heterocycles. The number of aliphatic hydroxyl groups is 4. The van der Waals surface area contributed by atoms with Crippen molar-refractivity contribution in [2.75, 3.05) is 26.4 Å². The maximum Gasteiger partial charge on any atom is 0.306 e. The third kappa shape index (κ3) is 29.2. The van der Waals surface area contributed by atoms with Crippen LogP contribution >= 0.6 is 0 Å². The Morgan fingerprint density at radius 3 is 1.64 bits per heavy atom. The highest BCUT2D eigenvalue weighted by Gasteiger charge is 2.44. The van der Waals surface area contributed by atoms with Crippen LogP contribution in [0.4, 0.5) is 0 Å². The second kappa shape index (κ2) is 38.4. The average molecular weight is 791 g/mol. The first-order chi connectivity index (χ1) is 27.4. The van der Waals surface area contributed by atoms with E-state index in [1.807, 2.05) is 0 Å². The number of esters is 1. The monoisotopic (exact) mass is 791 g/mol. The predicted molar refractivity (Wildman–Crippen MR) is 228 cm³/mol. The first-order valence-corrected chi connectivity index (χ1v) is 22.4. The molecule has 0 aromatic rings. The van der Waals surface area contributed by atoms with E-state index in [0.29, 0.717) is 13.0 Å². The molecule has 6 unspecified atom stereocenters. The number of rotatable bonds is 37. The van der Waals surface area contributed by atoms with Crippen LogP contribution in [0.15, 0.2) is 60.8 Å². The molecule has 0 amide bonds. The van der Waals surface area contributed by atoms with Gasteiger partial charge in [0.2, 0.25) is 0 Å². The van der Waals surface area contributed by atoms with Crippen molar-refractivity contribution in [3.05, 3.63) is 60.8 Å². The third-order valence-electron chi connectivity index (χ3n) is 9.92. The lowest BCUT2D eigenvalue weighted by Gasteiger charge is -2.39. The molecule has 9 nitrogen and oxygen atoms in total. The summed E-state index contributed by atoms with van der Waals surface area (Å²) >= 11 is 0. The van der Waals surface area contributed by atoms with Crippen molar-refractivity contribution >= 4 is 5.97 Å². The van der Waals surface area contributed by atoms with Gasteiger partial charge in [-0.3, -0.25) is 4.79 Å². The van der Waals surface area contributed by atoms with Crippen molar-refractivity contribution in [1.29, 1.82) is 0 Å². The number of unbranched alkanes of at least 4 members (excludes halogenated alkanes) is 16. The van der Waals surface area contributed by atoms with Gasteiger partial charge < -0.3 is 39.4 Å². The molecular weight excluding hydrogens is 709 g/mol. The topological polar surface area (TPSA) is 135 Å². The summed E-state index contributed by atoms with van der Waals surface area (Å²) in [7, 11) is 0. The molecule has 9 heteroatoms. The van der Waals surface area contributed by atoms with Crippen LogP contribution in [-0.4, -0.2) is 89.6 Å². The van der Waals surface area contributed by atoms with Crippen molar-refractivity contribution in [2.24, 2.45) is 0 Å². The van der Waals surface area contributed by atoms with Gasteiger partial charge in [-0.15, -0.1) is 0 Å². The molecule has 1 aliphatic heterocycles. The van der Waals surface area contributed by atoms with Crippen LogP contribution in [0, 0.1) is 0 Å². The first-order valence-electron chi connectivity index (χ1n) is 22.4. The van der Waals surface area contributed by atoms with Gasteiger partial charge in [0.25, 0.3) is 0 Å². The van der Waals surface area contributed by atoms with Gasteiger partial charge in [0.15, 0.2) is 6.29 Å². The van der Waals surface area contributed by atoms with E-state index in [1.165, 1.54) is 70.6 Å². The lowest BCUT2D eigenvalue weighted by molar-refractivity contribution is -0.305. The molecule has 1 aliphatic rings. The standard InChI is InChI=1S/C47H82O9/c1-3-5-7-9-11-13-15-17-19-20-21-22-23-24-26-28-30-32-34-36-43(49)55-41(40-54-47-46(52)45(51)44(50)42(38-48)56-47)39-53-37-35-33-31-29-27-25-18-16-14-12-10-8-6-4-2/h6,8,11-14,17-19,25,41-42,44-48,50-52H,3-5,7,9-10,15-16,20-24,26-40H2,1-2H3/b8-6-,13-11-,14-12-,19-17-,25-18-. The second-order valence-corrected chi connectivity index (χ2v) is 15.1. The van der Waals surface area contributed by atoms with Gasteiger partial charge in [0.1, 0.15) is 30.5 Å². The Morgan fingerprint density at radius 1 is 0.589 bits per heavy atom. The Bertz CT molecular complexity index is 1040. The van der Waals surface area contributed by atoms with E-state index in [2.05, 4.69) is 74.6 Å². The fourth-order valence-electron chi connectivity index (χ4n) is 6.42. The summed E-state index contributed by atoms with van der Waals surface area (Å²) in [6.45, 7) is 4.35. The van der Waals surface area contributed by atoms with Gasteiger partial charge in [0, 0.05) is 13.0 Å². The van der Waals surface area contributed by atoms with Crippen molar-refractivity contribution < 1.29 is 44.2 Å². The zero-order valence-electron chi connectivity index (χ0n) is 35.4. The molecule has 4 N–H and O–H groups in total. The van der Waals surface area contributed by atoms with Crippen LogP contribution in [0.3, 0.4) is 0 Å². The van der Waals surface area contributed by atoms with E-state index >= 15 is 0 Å². The van der Waals surface area contributed by atoms with E-state index in [0.717, 1.165) is 77.0 Å². The highest BCUT2D eigenvalue weighted by atomic mass is 16.7.